The molecule has 6 nitrogen and oxygen atoms in total. The second-order valence-corrected chi connectivity index (χ2v) is 8.64. The zero-order chi connectivity index (χ0) is 20.5. The number of anilines is 1. The fraction of sp³-hybridized carbons (Fsp3) is 0.286. The van der Waals surface area contributed by atoms with E-state index in [1.807, 2.05) is 37.6 Å². The van der Waals surface area contributed by atoms with Crippen LogP contribution in [0.2, 0.25) is 5.02 Å². The Bertz CT molecular complexity index is 1050. The van der Waals surface area contributed by atoms with Crippen molar-refractivity contribution in [3.05, 3.63) is 70.0 Å². The molecule has 0 saturated carbocycles. The Hall–Kier alpha value is -2.51. The van der Waals surface area contributed by atoms with E-state index in [-0.39, 0.29) is 11.9 Å². The summed E-state index contributed by atoms with van der Waals surface area (Å²) in [5, 5.41) is 12.4. The van der Waals surface area contributed by atoms with Crippen LogP contribution in [0.5, 0.6) is 0 Å². The zero-order valence-electron chi connectivity index (χ0n) is 16.4. The summed E-state index contributed by atoms with van der Waals surface area (Å²) in [6.45, 7) is 6.02. The van der Waals surface area contributed by atoms with Crippen LogP contribution in [-0.2, 0) is 11.2 Å². The van der Waals surface area contributed by atoms with E-state index in [4.69, 9.17) is 11.6 Å². The lowest BCUT2D eigenvalue weighted by Gasteiger charge is -2.33. The Morgan fingerprint density at radius 2 is 1.97 bits per heavy atom. The van der Waals surface area contributed by atoms with Gasteiger partial charge in [-0.1, -0.05) is 66.2 Å². The van der Waals surface area contributed by atoms with Crippen molar-refractivity contribution in [3.8, 4) is 0 Å². The maximum Gasteiger partial charge on any atom is 0.240 e. The van der Waals surface area contributed by atoms with Crippen molar-refractivity contribution in [2.75, 3.05) is 10.7 Å². The minimum atomic E-state index is -0.419. The predicted octanol–water partition coefficient (Wildman–Crippen LogP) is 4.51. The first-order valence-corrected chi connectivity index (χ1v) is 10.7. The van der Waals surface area contributed by atoms with Gasteiger partial charge in [0.1, 0.15) is 5.25 Å². The van der Waals surface area contributed by atoms with Crippen LogP contribution in [-0.4, -0.2) is 26.0 Å². The number of amides is 1. The predicted molar refractivity (Wildman–Crippen MR) is 117 cm³/mol. The van der Waals surface area contributed by atoms with E-state index < -0.39 is 5.25 Å². The number of carbonyl (C=O) groups is 1. The number of hydrogen-bond donors (Lipinski definition) is 2. The third-order valence-electron chi connectivity index (χ3n) is 4.97. The maximum atomic E-state index is 13.3. The molecule has 29 heavy (non-hydrogen) atoms. The standard InChI is InChI=1S/C21H22ClN5OS/c1-4-17-24-25-21-27(17)26-18(14-8-5-12(2)6-9-14)19(29-21)20(28)23-16-11-15(22)10-7-13(16)3/h5-11,18-19,26H,4H2,1-3H3,(H,23,28). The molecule has 1 aromatic heterocycles. The molecule has 2 aromatic carbocycles. The Balaban J connectivity index is 1.68. The Kier molecular flexibility index (Phi) is 5.52. The molecular weight excluding hydrogens is 406 g/mol. The molecule has 0 saturated heterocycles. The average molecular weight is 428 g/mol. The van der Waals surface area contributed by atoms with Crippen LogP contribution >= 0.6 is 23.4 Å². The van der Waals surface area contributed by atoms with Gasteiger partial charge in [0.15, 0.2) is 5.82 Å². The van der Waals surface area contributed by atoms with E-state index in [0.717, 1.165) is 23.4 Å². The van der Waals surface area contributed by atoms with Crippen molar-refractivity contribution in [1.82, 2.24) is 14.9 Å². The van der Waals surface area contributed by atoms with Crippen molar-refractivity contribution in [2.24, 2.45) is 0 Å². The summed E-state index contributed by atoms with van der Waals surface area (Å²) in [5.41, 5.74) is 7.34. The normalized spacial score (nSPS) is 18.1. The lowest BCUT2D eigenvalue weighted by molar-refractivity contribution is -0.116. The van der Waals surface area contributed by atoms with Crippen molar-refractivity contribution in [3.63, 3.8) is 0 Å². The molecule has 0 spiro atoms. The zero-order valence-corrected chi connectivity index (χ0v) is 18.0. The number of carbonyl (C=O) groups excluding carboxylic acids is 1. The van der Waals surface area contributed by atoms with Crippen molar-refractivity contribution in [2.45, 2.75) is 43.6 Å². The van der Waals surface area contributed by atoms with Crippen LogP contribution in [0.1, 0.15) is 35.5 Å². The molecule has 1 amide bonds. The van der Waals surface area contributed by atoms with Crippen LogP contribution in [0.25, 0.3) is 0 Å². The molecular formula is C21H22ClN5OS. The van der Waals surface area contributed by atoms with Crippen molar-refractivity contribution >= 4 is 35.0 Å². The molecule has 2 atom stereocenters. The van der Waals surface area contributed by atoms with Gasteiger partial charge in [0.2, 0.25) is 11.1 Å². The summed E-state index contributed by atoms with van der Waals surface area (Å²) in [7, 11) is 0. The molecule has 0 bridgehead atoms. The number of halogens is 1. The van der Waals surface area contributed by atoms with E-state index in [1.165, 1.54) is 17.3 Å². The largest absolute Gasteiger partial charge is 0.325 e. The number of fused-ring (bicyclic) bond motifs is 1. The lowest BCUT2D eigenvalue weighted by atomic mass is 10.0. The van der Waals surface area contributed by atoms with Crippen LogP contribution < -0.4 is 10.7 Å². The fourth-order valence-corrected chi connectivity index (χ4v) is 4.56. The first kappa shape index (κ1) is 19.8. The third-order valence-corrected chi connectivity index (χ3v) is 6.42. The number of nitrogens with one attached hydrogen (secondary N) is 2. The SMILES string of the molecule is CCc1nnc2n1NC(c1ccc(C)cc1)C(C(=O)Nc1cc(Cl)ccc1C)S2. The van der Waals surface area contributed by atoms with Gasteiger partial charge in [0, 0.05) is 17.1 Å². The molecule has 1 aliphatic rings. The van der Waals surface area contributed by atoms with Crippen LogP contribution in [0, 0.1) is 13.8 Å². The Labute approximate surface area is 179 Å². The van der Waals surface area contributed by atoms with E-state index in [2.05, 4.69) is 45.2 Å². The maximum absolute atomic E-state index is 13.3. The van der Waals surface area contributed by atoms with Gasteiger partial charge < -0.3 is 10.7 Å². The van der Waals surface area contributed by atoms with Gasteiger partial charge in [0.25, 0.3) is 0 Å². The molecule has 8 heteroatoms. The van der Waals surface area contributed by atoms with Gasteiger partial charge >= 0.3 is 0 Å². The molecule has 0 radical (unpaired) electrons. The summed E-state index contributed by atoms with van der Waals surface area (Å²) >= 11 is 7.54. The molecule has 4 rings (SSSR count). The van der Waals surface area contributed by atoms with Gasteiger partial charge in [-0.3, -0.25) is 4.79 Å². The monoisotopic (exact) mass is 427 g/mol. The Morgan fingerprint density at radius 3 is 2.69 bits per heavy atom. The number of aromatic nitrogens is 3. The summed E-state index contributed by atoms with van der Waals surface area (Å²) in [5.74, 6) is 0.736. The first-order valence-electron chi connectivity index (χ1n) is 9.47. The highest BCUT2D eigenvalue weighted by molar-refractivity contribution is 8.00. The lowest BCUT2D eigenvalue weighted by Crippen LogP contribution is -2.41. The summed E-state index contributed by atoms with van der Waals surface area (Å²) in [6, 6.07) is 13.5. The highest BCUT2D eigenvalue weighted by Gasteiger charge is 2.37. The molecule has 2 N–H and O–H groups in total. The van der Waals surface area contributed by atoms with Gasteiger partial charge in [-0.25, -0.2) is 4.68 Å². The minimum absolute atomic E-state index is 0.106. The molecule has 0 fully saturated rings. The highest BCUT2D eigenvalue weighted by Crippen LogP contribution is 2.38. The number of nitrogens with zero attached hydrogens (tertiary/aromatic N) is 3. The van der Waals surface area contributed by atoms with Gasteiger partial charge in [0.05, 0.1) is 6.04 Å². The topological polar surface area (TPSA) is 71.8 Å². The number of benzene rings is 2. The fourth-order valence-electron chi connectivity index (χ4n) is 3.28. The summed E-state index contributed by atoms with van der Waals surface area (Å²) < 4.78 is 1.89. The first-order chi connectivity index (χ1) is 14.0. The molecule has 1 aliphatic heterocycles. The Morgan fingerprint density at radius 1 is 1.21 bits per heavy atom. The van der Waals surface area contributed by atoms with Crippen molar-refractivity contribution in [1.29, 1.82) is 0 Å². The number of hydrogen-bond acceptors (Lipinski definition) is 5. The molecule has 3 aromatic rings. The summed E-state index contributed by atoms with van der Waals surface area (Å²) in [4.78, 5) is 13.3. The van der Waals surface area contributed by atoms with E-state index in [0.29, 0.717) is 15.9 Å². The van der Waals surface area contributed by atoms with Gasteiger partial charge in [-0.15, -0.1) is 10.2 Å². The van der Waals surface area contributed by atoms with Crippen LogP contribution in [0.4, 0.5) is 5.69 Å². The smallest absolute Gasteiger partial charge is 0.240 e. The molecule has 2 unspecified atom stereocenters. The third kappa shape index (κ3) is 3.97. The summed E-state index contributed by atoms with van der Waals surface area (Å²) in [6.07, 6.45) is 0.750. The van der Waals surface area contributed by atoms with Crippen LogP contribution in [0.3, 0.4) is 0 Å². The van der Waals surface area contributed by atoms with E-state index >= 15 is 0 Å². The minimum Gasteiger partial charge on any atom is -0.325 e. The molecule has 0 aliphatic carbocycles. The van der Waals surface area contributed by atoms with E-state index in [1.54, 1.807) is 6.07 Å². The van der Waals surface area contributed by atoms with Gasteiger partial charge in [-0.2, -0.15) is 0 Å². The molecule has 150 valence electrons. The van der Waals surface area contributed by atoms with Gasteiger partial charge in [-0.05, 0) is 37.1 Å². The van der Waals surface area contributed by atoms with E-state index in [9.17, 15) is 4.79 Å². The second-order valence-electron chi connectivity index (χ2n) is 7.09. The number of rotatable bonds is 4. The quantitative estimate of drug-likeness (QED) is 0.641. The molecule has 2 heterocycles. The number of aryl methyl sites for hydroxylation is 3. The highest BCUT2D eigenvalue weighted by atomic mass is 35.5. The number of thioether (sulfide) groups is 1. The van der Waals surface area contributed by atoms with Crippen LogP contribution in [0.15, 0.2) is 47.6 Å². The van der Waals surface area contributed by atoms with Crippen molar-refractivity contribution < 1.29 is 4.79 Å². The second kappa shape index (κ2) is 8.08. The average Bonchev–Trinajstić information content (AvgIpc) is 3.12.